The number of piperidine rings is 1. The minimum absolute atomic E-state index is 0.0413. The van der Waals surface area contributed by atoms with Crippen LogP contribution in [0.3, 0.4) is 0 Å². The van der Waals surface area contributed by atoms with E-state index in [4.69, 9.17) is 16.7 Å². The van der Waals surface area contributed by atoms with Gasteiger partial charge in [0, 0.05) is 30.7 Å². The van der Waals surface area contributed by atoms with Gasteiger partial charge in [-0.05, 0) is 37.8 Å². The summed E-state index contributed by atoms with van der Waals surface area (Å²) in [7, 11) is 0. The highest BCUT2D eigenvalue weighted by Gasteiger charge is 2.38. The number of pyridine rings is 2. The Balaban J connectivity index is 1.86. The number of carboxylic acid groups (broad SMARTS) is 1. The van der Waals surface area contributed by atoms with Crippen LogP contribution in [-0.4, -0.2) is 44.3 Å². The van der Waals surface area contributed by atoms with Crippen LogP contribution in [0, 0.1) is 5.92 Å². The summed E-state index contributed by atoms with van der Waals surface area (Å²) in [4.78, 5) is 20.9. The Kier molecular flexibility index (Phi) is 4.12. The molecule has 0 saturated carbocycles. The summed E-state index contributed by atoms with van der Waals surface area (Å²) in [6, 6.07) is 5.33. The molecule has 0 aliphatic carbocycles. The first-order chi connectivity index (χ1) is 10.9. The quantitative estimate of drug-likeness (QED) is 0.824. The Hall–Kier alpha value is -1.92. The van der Waals surface area contributed by atoms with Gasteiger partial charge in [0.2, 0.25) is 0 Å². The molecule has 0 radical (unpaired) electrons. The van der Waals surface area contributed by atoms with Gasteiger partial charge in [-0.2, -0.15) is 0 Å². The summed E-state index contributed by atoms with van der Waals surface area (Å²) < 4.78 is 0. The molecule has 23 heavy (non-hydrogen) atoms. The van der Waals surface area contributed by atoms with Crippen LogP contribution in [0.4, 0.5) is 4.79 Å². The number of hydrogen-bond acceptors (Lipinski definition) is 4. The molecule has 7 heteroatoms. The molecule has 1 atom stereocenters. The van der Waals surface area contributed by atoms with Crippen LogP contribution >= 0.6 is 11.6 Å². The zero-order chi connectivity index (χ0) is 16.6. The molecule has 1 fully saturated rings. The first-order valence-electron chi connectivity index (χ1n) is 7.51. The van der Waals surface area contributed by atoms with Gasteiger partial charge in [0.1, 0.15) is 10.8 Å². The Morgan fingerprint density at radius 2 is 2.09 bits per heavy atom. The fourth-order valence-corrected chi connectivity index (χ4v) is 3.27. The van der Waals surface area contributed by atoms with Crippen LogP contribution in [0.15, 0.2) is 24.4 Å². The van der Waals surface area contributed by atoms with Gasteiger partial charge in [0.15, 0.2) is 0 Å². The van der Waals surface area contributed by atoms with E-state index in [0.717, 1.165) is 5.39 Å². The second-order valence-electron chi connectivity index (χ2n) is 6.09. The van der Waals surface area contributed by atoms with E-state index in [1.807, 2.05) is 6.07 Å². The fraction of sp³-hybridized carbons (Fsp3) is 0.438. The number of amides is 1. The molecule has 0 spiro atoms. The van der Waals surface area contributed by atoms with Crippen molar-refractivity contribution in [2.24, 2.45) is 5.92 Å². The molecular weight excluding hydrogens is 318 g/mol. The lowest BCUT2D eigenvalue weighted by molar-refractivity contribution is -0.0340. The Labute approximate surface area is 138 Å². The molecule has 122 valence electrons. The highest BCUT2D eigenvalue weighted by Crippen LogP contribution is 2.36. The monoisotopic (exact) mass is 335 g/mol. The first-order valence-corrected chi connectivity index (χ1v) is 7.89. The Morgan fingerprint density at radius 1 is 1.39 bits per heavy atom. The van der Waals surface area contributed by atoms with Crippen LogP contribution in [0.2, 0.25) is 5.15 Å². The molecule has 2 aromatic rings. The molecular formula is C16H18ClN3O3. The number of likely N-dealkylation sites (tertiary alicyclic amines) is 1. The fourth-order valence-electron chi connectivity index (χ4n) is 3.12. The van der Waals surface area contributed by atoms with E-state index in [9.17, 15) is 9.90 Å². The van der Waals surface area contributed by atoms with Gasteiger partial charge in [-0.3, -0.25) is 0 Å². The minimum Gasteiger partial charge on any atom is -0.465 e. The van der Waals surface area contributed by atoms with E-state index >= 15 is 0 Å². The molecule has 1 unspecified atom stereocenters. The molecule has 0 bridgehead atoms. The lowest BCUT2D eigenvalue weighted by atomic mass is 9.79. The van der Waals surface area contributed by atoms with Crippen molar-refractivity contribution in [3.63, 3.8) is 0 Å². The van der Waals surface area contributed by atoms with Gasteiger partial charge >= 0.3 is 6.09 Å². The Bertz CT molecular complexity index is 742. The summed E-state index contributed by atoms with van der Waals surface area (Å²) in [5.41, 5.74) is 0.140. The normalized spacial score (nSPS) is 18.8. The molecule has 2 aromatic heterocycles. The van der Waals surface area contributed by atoms with Crippen LogP contribution in [0.1, 0.15) is 25.5 Å². The zero-order valence-corrected chi connectivity index (χ0v) is 13.5. The summed E-state index contributed by atoms with van der Waals surface area (Å²) in [5, 5.41) is 21.2. The number of carbonyl (C=O) groups is 1. The van der Waals surface area contributed by atoms with E-state index in [2.05, 4.69) is 9.97 Å². The van der Waals surface area contributed by atoms with Crippen LogP contribution in [0.5, 0.6) is 0 Å². The second kappa shape index (κ2) is 5.94. The number of nitrogens with zero attached hydrogens (tertiary/aromatic N) is 3. The average Bonchev–Trinajstić information content (AvgIpc) is 2.54. The topological polar surface area (TPSA) is 86.6 Å². The van der Waals surface area contributed by atoms with Gasteiger partial charge in [-0.15, -0.1) is 0 Å². The zero-order valence-electron chi connectivity index (χ0n) is 12.7. The maximum Gasteiger partial charge on any atom is 0.407 e. The second-order valence-corrected chi connectivity index (χ2v) is 6.47. The number of aliphatic hydroxyl groups is 1. The van der Waals surface area contributed by atoms with Crippen LogP contribution in [0.25, 0.3) is 10.9 Å². The largest absolute Gasteiger partial charge is 0.465 e. The maximum atomic E-state index is 11.0. The molecule has 1 amide bonds. The standard InChI is InChI=1S/C16H18ClN3O3/c1-16(23,11-4-6-20(7-5-11)15(21)22)13-3-2-10-9-18-14(17)8-12(10)19-13/h2-3,8-9,11,23H,4-7H2,1H3,(H,21,22). The van der Waals surface area contributed by atoms with Crippen molar-refractivity contribution in [1.29, 1.82) is 0 Å². The van der Waals surface area contributed by atoms with Crippen molar-refractivity contribution < 1.29 is 15.0 Å². The van der Waals surface area contributed by atoms with E-state index in [0.29, 0.717) is 42.3 Å². The maximum absolute atomic E-state index is 11.0. The minimum atomic E-state index is -1.12. The summed E-state index contributed by atoms with van der Waals surface area (Å²) in [6.07, 6.45) is 1.95. The van der Waals surface area contributed by atoms with Gasteiger partial charge in [-0.25, -0.2) is 14.8 Å². The number of aromatic nitrogens is 2. The van der Waals surface area contributed by atoms with Gasteiger partial charge in [-0.1, -0.05) is 11.6 Å². The lowest BCUT2D eigenvalue weighted by Gasteiger charge is -2.38. The predicted octanol–water partition coefficient (Wildman–Crippen LogP) is 2.88. The molecule has 0 aromatic carbocycles. The summed E-state index contributed by atoms with van der Waals surface area (Å²) >= 11 is 5.90. The summed E-state index contributed by atoms with van der Waals surface area (Å²) in [5.74, 6) is -0.0413. The van der Waals surface area contributed by atoms with Crippen molar-refractivity contribution in [3.05, 3.63) is 35.2 Å². The third-order valence-corrected chi connectivity index (χ3v) is 4.83. The van der Waals surface area contributed by atoms with Gasteiger partial charge in [0.25, 0.3) is 0 Å². The van der Waals surface area contributed by atoms with Crippen molar-refractivity contribution in [1.82, 2.24) is 14.9 Å². The highest BCUT2D eigenvalue weighted by molar-refractivity contribution is 6.29. The molecule has 1 saturated heterocycles. The summed E-state index contributed by atoms with van der Waals surface area (Å²) in [6.45, 7) is 2.60. The number of hydrogen-bond donors (Lipinski definition) is 2. The van der Waals surface area contributed by atoms with E-state index in [1.165, 1.54) is 4.90 Å². The molecule has 1 aliphatic heterocycles. The molecule has 2 N–H and O–H groups in total. The number of fused-ring (bicyclic) bond motifs is 1. The Morgan fingerprint density at radius 3 is 2.74 bits per heavy atom. The SMILES string of the molecule is CC(O)(c1ccc2cnc(Cl)cc2n1)C1CCN(C(=O)O)CC1. The smallest absolute Gasteiger partial charge is 0.407 e. The van der Waals surface area contributed by atoms with E-state index in [-0.39, 0.29) is 5.92 Å². The molecule has 3 rings (SSSR count). The average molecular weight is 336 g/mol. The lowest BCUT2D eigenvalue weighted by Crippen LogP contribution is -2.44. The first kappa shape index (κ1) is 16.0. The van der Waals surface area contributed by atoms with E-state index < -0.39 is 11.7 Å². The number of halogens is 1. The predicted molar refractivity (Wildman–Crippen MR) is 86.4 cm³/mol. The number of rotatable bonds is 2. The van der Waals surface area contributed by atoms with Gasteiger partial charge < -0.3 is 15.1 Å². The molecule has 1 aliphatic rings. The molecule has 3 heterocycles. The third-order valence-electron chi connectivity index (χ3n) is 4.62. The third kappa shape index (κ3) is 3.09. The molecule has 6 nitrogen and oxygen atoms in total. The van der Waals surface area contributed by atoms with Crippen molar-refractivity contribution in [2.75, 3.05) is 13.1 Å². The highest BCUT2D eigenvalue weighted by atomic mass is 35.5. The van der Waals surface area contributed by atoms with Crippen molar-refractivity contribution in [3.8, 4) is 0 Å². The van der Waals surface area contributed by atoms with E-state index in [1.54, 1.807) is 25.3 Å². The van der Waals surface area contributed by atoms with Crippen LogP contribution in [-0.2, 0) is 5.60 Å². The van der Waals surface area contributed by atoms with Crippen molar-refractivity contribution in [2.45, 2.75) is 25.4 Å². The van der Waals surface area contributed by atoms with Crippen LogP contribution < -0.4 is 0 Å². The van der Waals surface area contributed by atoms with Crippen molar-refractivity contribution >= 4 is 28.6 Å². The van der Waals surface area contributed by atoms with Gasteiger partial charge in [0.05, 0.1) is 11.2 Å².